The molecule has 0 unspecified atom stereocenters. The molecule has 2 aromatic rings. The zero-order chi connectivity index (χ0) is 11.5. The van der Waals surface area contributed by atoms with Crippen molar-refractivity contribution in [2.24, 2.45) is 7.05 Å². The van der Waals surface area contributed by atoms with E-state index in [0.717, 1.165) is 17.2 Å². The van der Waals surface area contributed by atoms with E-state index in [1.807, 2.05) is 54.9 Å². The molecule has 0 aliphatic heterocycles. The summed E-state index contributed by atoms with van der Waals surface area (Å²) in [5.41, 5.74) is 2.31. The van der Waals surface area contributed by atoms with Crippen molar-refractivity contribution in [2.75, 3.05) is 0 Å². The maximum absolute atomic E-state index is 5.88. The summed E-state index contributed by atoms with van der Waals surface area (Å²) >= 11 is 0. The molecule has 0 saturated carbocycles. The van der Waals surface area contributed by atoms with E-state index in [4.69, 9.17) is 4.74 Å². The van der Waals surface area contributed by atoms with Crippen LogP contribution in [0.5, 0.6) is 11.6 Å². The highest BCUT2D eigenvalue weighted by Gasteiger charge is 2.11. The number of hydrogen-bond acceptors (Lipinski definition) is 1. The van der Waals surface area contributed by atoms with Crippen molar-refractivity contribution in [1.29, 1.82) is 0 Å². The molecule has 0 radical (unpaired) electrons. The summed E-state index contributed by atoms with van der Waals surface area (Å²) in [5.74, 6) is 1.76. The van der Waals surface area contributed by atoms with E-state index in [1.165, 1.54) is 5.69 Å². The number of aryl methyl sites for hydroxylation is 2. The van der Waals surface area contributed by atoms with Crippen molar-refractivity contribution in [3.63, 3.8) is 0 Å². The minimum atomic E-state index is 0.856. The second-order valence-corrected chi connectivity index (χ2v) is 3.93. The fourth-order valence-electron chi connectivity index (χ4n) is 1.55. The smallest absolute Gasteiger partial charge is 0.373 e. The third kappa shape index (κ3) is 2.06. The van der Waals surface area contributed by atoms with Crippen LogP contribution in [0.3, 0.4) is 0 Å². The van der Waals surface area contributed by atoms with Gasteiger partial charge in [0.15, 0.2) is 5.69 Å². The maximum Gasteiger partial charge on any atom is 0.373 e. The first-order valence-electron chi connectivity index (χ1n) is 5.37. The van der Waals surface area contributed by atoms with Gasteiger partial charge in [-0.3, -0.25) is 0 Å². The Labute approximate surface area is 96.1 Å². The van der Waals surface area contributed by atoms with Crippen molar-refractivity contribution in [3.8, 4) is 11.6 Å². The second kappa shape index (κ2) is 4.35. The monoisotopic (exact) mass is 214 g/mol. The van der Waals surface area contributed by atoms with E-state index in [1.54, 1.807) is 0 Å². The van der Waals surface area contributed by atoms with Gasteiger partial charge < -0.3 is 4.74 Å². The van der Waals surface area contributed by atoms with Crippen LogP contribution >= 0.6 is 0 Å². The Morgan fingerprint density at radius 2 is 1.69 bits per heavy atom. The van der Waals surface area contributed by atoms with E-state index in [2.05, 4.69) is 13.0 Å². The van der Waals surface area contributed by atoms with Crippen molar-refractivity contribution >= 4 is 0 Å². The average Bonchev–Trinajstić information content (AvgIpc) is 2.28. The van der Waals surface area contributed by atoms with Gasteiger partial charge in [-0.25, -0.2) is 0 Å². The van der Waals surface area contributed by atoms with Gasteiger partial charge >= 0.3 is 5.88 Å². The van der Waals surface area contributed by atoms with Gasteiger partial charge in [-0.1, -0.05) is 18.2 Å². The number of hydrogen-bond donors (Lipinski definition) is 0. The van der Waals surface area contributed by atoms with Gasteiger partial charge in [0.05, 0.1) is 6.07 Å². The second-order valence-electron chi connectivity index (χ2n) is 3.93. The molecule has 0 spiro atoms. The first-order chi connectivity index (χ1) is 7.68. The minimum Gasteiger partial charge on any atom is -0.405 e. The van der Waals surface area contributed by atoms with Crippen LogP contribution in [0.15, 0.2) is 42.5 Å². The summed E-state index contributed by atoms with van der Waals surface area (Å²) in [6, 6.07) is 14.1. The molecule has 1 heterocycles. The number of para-hydroxylation sites is 1. The fourth-order valence-corrected chi connectivity index (χ4v) is 1.55. The van der Waals surface area contributed by atoms with E-state index < -0.39 is 0 Å². The Morgan fingerprint density at radius 3 is 2.44 bits per heavy atom. The minimum absolute atomic E-state index is 0.856. The van der Waals surface area contributed by atoms with Crippen LogP contribution in [0.25, 0.3) is 0 Å². The van der Waals surface area contributed by atoms with Gasteiger partial charge in [0.25, 0.3) is 0 Å². The molecule has 1 aromatic carbocycles. The van der Waals surface area contributed by atoms with Gasteiger partial charge in [0, 0.05) is 13.0 Å². The quantitative estimate of drug-likeness (QED) is 0.700. The predicted octanol–water partition coefficient (Wildman–Crippen LogP) is 2.92. The number of pyridine rings is 1. The lowest BCUT2D eigenvalue weighted by molar-refractivity contribution is -0.681. The predicted molar refractivity (Wildman–Crippen MR) is 63.6 cm³/mol. The fraction of sp³-hybridized carbons (Fsp3) is 0.214. The van der Waals surface area contributed by atoms with E-state index in [0.29, 0.717) is 0 Å². The van der Waals surface area contributed by atoms with Crippen LogP contribution in [0.2, 0.25) is 0 Å². The lowest BCUT2D eigenvalue weighted by Crippen LogP contribution is -2.33. The van der Waals surface area contributed by atoms with E-state index in [9.17, 15) is 0 Å². The number of aromatic nitrogens is 1. The molecule has 82 valence electrons. The third-order valence-electron chi connectivity index (χ3n) is 2.74. The number of nitrogens with zero attached hydrogens (tertiary/aromatic N) is 1. The van der Waals surface area contributed by atoms with E-state index >= 15 is 0 Å². The molecule has 2 heteroatoms. The Hall–Kier alpha value is -1.83. The Balaban J connectivity index is 2.35. The summed E-state index contributed by atoms with van der Waals surface area (Å²) in [4.78, 5) is 0. The van der Waals surface area contributed by atoms with Crippen LogP contribution in [0, 0.1) is 13.8 Å². The molecule has 0 fully saturated rings. The highest BCUT2D eigenvalue weighted by molar-refractivity contribution is 5.34. The molecule has 1 aromatic heterocycles. The maximum atomic E-state index is 5.88. The van der Waals surface area contributed by atoms with Gasteiger partial charge in [0.2, 0.25) is 0 Å². The summed E-state index contributed by atoms with van der Waals surface area (Å²) in [7, 11) is 2.00. The molecule has 2 rings (SSSR count). The molecule has 0 aliphatic carbocycles. The number of rotatable bonds is 2. The van der Waals surface area contributed by atoms with Crippen LogP contribution in [-0.4, -0.2) is 0 Å². The lowest BCUT2D eigenvalue weighted by Gasteiger charge is -2.06. The van der Waals surface area contributed by atoms with Crippen LogP contribution < -0.4 is 9.30 Å². The zero-order valence-electron chi connectivity index (χ0n) is 9.90. The summed E-state index contributed by atoms with van der Waals surface area (Å²) in [6.45, 7) is 4.11. The van der Waals surface area contributed by atoms with Gasteiger partial charge in [0.1, 0.15) is 12.8 Å². The Morgan fingerprint density at radius 1 is 0.938 bits per heavy atom. The molecule has 0 saturated heterocycles. The summed E-state index contributed by atoms with van der Waals surface area (Å²) < 4.78 is 7.92. The van der Waals surface area contributed by atoms with Gasteiger partial charge in [-0.05, 0) is 24.6 Å². The first-order valence-corrected chi connectivity index (χ1v) is 5.37. The first kappa shape index (κ1) is 10.7. The molecule has 0 N–H and O–H groups in total. The van der Waals surface area contributed by atoms with Crippen LogP contribution in [0.1, 0.15) is 11.3 Å². The lowest BCUT2D eigenvalue weighted by atomic mass is 10.2. The van der Waals surface area contributed by atoms with Gasteiger partial charge in [-0.15, -0.1) is 0 Å². The summed E-state index contributed by atoms with van der Waals surface area (Å²) in [5, 5.41) is 0. The van der Waals surface area contributed by atoms with Crippen LogP contribution in [0.4, 0.5) is 0 Å². The van der Waals surface area contributed by atoms with Crippen molar-refractivity contribution < 1.29 is 9.30 Å². The highest BCUT2D eigenvalue weighted by atomic mass is 16.5. The third-order valence-corrected chi connectivity index (χ3v) is 2.74. The highest BCUT2D eigenvalue weighted by Crippen LogP contribution is 2.21. The van der Waals surface area contributed by atoms with Gasteiger partial charge in [-0.2, -0.15) is 4.57 Å². The van der Waals surface area contributed by atoms with E-state index in [-0.39, 0.29) is 0 Å². The normalized spacial score (nSPS) is 10.2. The SMILES string of the molecule is Cc1ccccc1Oc1cccc(C)[n+]1C. The molecule has 2 nitrogen and oxygen atoms in total. The molecule has 0 aliphatic rings. The van der Waals surface area contributed by atoms with Crippen LogP contribution in [-0.2, 0) is 7.05 Å². The van der Waals surface area contributed by atoms with Crippen molar-refractivity contribution in [3.05, 3.63) is 53.7 Å². The largest absolute Gasteiger partial charge is 0.405 e. The molecule has 0 bridgehead atoms. The Kier molecular flexibility index (Phi) is 2.91. The number of ether oxygens (including phenoxy) is 1. The molecule has 0 amide bonds. The topological polar surface area (TPSA) is 13.1 Å². The molecule has 16 heavy (non-hydrogen) atoms. The Bertz CT molecular complexity index is 506. The summed E-state index contributed by atoms with van der Waals surface area (Å²) in [6.07, 6.45) is 0. The van der Waals surface area contributed by atoms with Crippen molar-refractivity contribution in [1.82, 2.24) is 0 Å². The molecular weight excluding hydrogens is 198 g/mol. The number of benzene rings is 1. The molecule has 0 atom stereocenters. The average molecular weight is 214 g/mol. The zero-order valence-corrected chi connectivity index (χ0v) is 9.90. The molecular formula is C14H16NO+. The van der Waals surface area contributed by atoms with Crippen molar-refractivity contribution in [2.45, 2.75) is 13.8 Å². The standard InChI is InChI=1S/C14H16NO/c1-11-7-4-5-9-13(11)16-14-10-6-8-12(2)15(14)3/h4-10H,1-3H3/q+1.